The number of hydrogen-bond donors (Lipinski definition) is 0. The van der Waals surface area contributed by atoms with Crippen LogP contribution in [-0.4, -0.2) is 18.5 Å². The topological polar surface area (TPSA) is 26.3 Å². The minimum Gasteiger partial charge on any atom is -0.370 e. The summed E-state index contributed by atoms with van der Waals surface area (Å²) in [6, 6.07) is 13.9. The second kappa shape index (κ2) is 5.78. The van der Waals surface area contributed by atoms with Gasteiger partial charge in [0, 0.05) is 12.2 Å². The monoisotopic (exact) mass is 242 g/mol. The number of fused-ring (bicyclic) bond motifs is 1. The van der Waals surface area contributed by atoms with E-state index in [-0.39, 0.29) is 11.9 Å². The standard InChI is InChI=1S/C16H18O2/c1-3-15(18-4-2)16(17)14-10-9-12-7-5-6-8-13(12)11-14/h5-11,15H,3-4H2,1-2H3. The summed E-state index contributed by atoms with van der Waals surface area (Å²) in [5.74, 6) is 0.0742. The first-order chi connectivity index (χ1) is 8.76. The van der Waals surface area contributed by atoms with Crippen LogP contribution in [0.2, 0.25) is 0 Å². The number of ether oxygens (including phenoxy) is 1. The van der Waals surface area contributed by atoms with Crippen molar-refractivity contribution in [1.82, 2.24) is 0 Å². The lowest BCUT2D eigenvalue weighted by Gasteiger charge is -2.14. The van der Waals surface area contributed by atoms with Crippen molar-refractivity contribution in [3.63, 3.8) is 0 Å². The summed E-state index contributed by atoms with van der Waals surface area (Å²) in [5.41, 5.74) is 0.731. The molecule has 0 aromatic heterocycles. The Morgan fingerprint density at radius 3 is 2.50 bits per heavy atom. The largest absolute Gasteiger partial charge is 0.370 e. The maximum absolute atomic E-state index is 12.3. The lowest BCUT2D eigenvalue weighted by Crippen LogP contribution is -2.23. The molecule has 0 aliphatic rings. The Kier molecular flexibility index (Phi) is 4.11. The summed E-state index contributed by atoms with van der Waals surface area (Å²) in [6.07, 6.45) is 0.385. The SMILES string of the molecule is CCOC(CC)C(=O)c1ccc2ccccc2c1. The fraction of sp³-hybridized carbons (Fsp3) is 0.312. The van der Waals surface area contributed by atoms with Crippen molar-refractivity contribution in [2.24, 2.45) is 0 Å². The van der Waals surface area contributed by atoms with Gasteiger partial charge in [-0.15, -0.1) is 0 Å². The molecule has 2 rings (SSSR count). The van der Waals surface area contributed by atoms with Crippen molar-refractivity contribution in [3.05, 3.63) is 48.0 Å². The Morgan fingerprint density at radius 2 is 1.83 bits per heavy atom. The molecule has 0 saturated carbocycles. The predicted octanol–water partition coefficient (Wildman–Crippen LogP) is 3.84. The van der Waals surface area contributed by atoms with E-state index in [2.05, 4.69) is 0 Å². The third-order valence-corrected chi connectivity index (χ3v) is 3.07. The molecule has 0 radical (unpaired) electrons. The van der Waals surface area contributed by atoms with Crippen molar-refractivity contribution >= 4 is 16.6 Å². The molecule has 0 N–H and O–H groups in total. The van der Waals surface area contributed by atoms with Gasteiger partial charge in [-0.3, -0.25) is 4.79 Å². The van der Waals surface area contributed by atoms with Crippen molar-refractivity contribution in [1.29, 1.82) is 0 Å². The van der Waals surface area contributed by atoms with Gasteiger partial charge in [0.25, 0.3) is 0 Å². The normalized spacial score (nSPS) is 12.6. The van der Waals surface area contributed by atoms with Gasteiger partial charge >= 0.3 is 0 Å². The first-order valence-electron chi connectivity index (χ1n) is 6.41. The Labute approximate surface area is 108 Å². The molecule has 0 saturated heterocycles. The van der Waals surface area contributed by atoms with E-state index < -0.39 is 0 Å². The van der Waals surface area contributed by atoms with E-state index in [1.807, 2.05) is 56.3 Å². The molecule has 1 atom stereocenters. The van der Waals surface area contributed by atoms with Crippen LogP contribution >= 0.6 is 0 Å². The zero-order valence-corrected chi connectivity index (χ0v) is 10.8. The third kappa shape index (κ3) is 2.59. The zero-order valence-electron chi connectivity index (χ0n) is 10.8. The van der Waals surface area contributed by atoms with Gasteiger partial charge in [-0.05, 0) is 30.2 Å². The molecule has 2 nitrogen and oxygen atoms in total. The molecule has 94 valence electrons. The number of carbonyl (C=O) groups excluding carboxylic acids is 1. The van der Waals surface area contributed by atoms with E-state index >= 15 is 0 Å². The number of ketones is 1. The molecule has 0 spiro atoms. The van der Waals surface area contributed by atoms with Gasteiger partial charge in [-0.25, -0.2) is 0 Å². The van der Waals surface area contributed by atoms with E-state index in [4.69, 9.17) is 4.74 Å². The van der Waals surface area contributed by atoms with Gasteiger partial charge < -0.3 is 4.74 Å². The van der Waals surface area contributed by atoms with Gasteiger partial charge in [0.1, 0.15) is 6.10 Å². The van der Waals surface area contributed by atoms with Crippen LogP contribution in [-0.2, 0) is 4.74 Å². The van der Waals surface area contributed by atoms with E-state index in [1.54, 1.807) is 0 Å². The maximum Gasteiger partial charge on any atom is 0.191 e. The molecule has 0 aliphatic carbocycles. The lowest BCUT2D eigenvalue weighted by molar-refractivity contribution is 0.0444. The molecule has 0 heterocycles. The zero-order chi connectivity index (χ0) is 13.0. The number of Topliss-reactive ketones (excluding diaryl/α,β-unsaturated/α-hetero) is 1. The highest BCUT2D eigenvalue weighted by atomic mass is 16.5. The molecular weight excluding hydrogens is 224 g/mol. The van der Waals surface area contributed by atoms with Gasteiger partial charge in [-0.2, -0.15) is 0 Å². The minimum atomic E-state index is -0.323. The van der Waals surface area contributed by atoms with Crippen LogP contribution in [0.15, 0.2) is 42.5 Å². The number of carbonyl (C=O) groups is 1. The maximum atomic E-state index is 12.3. The highest BCUT2D eigenvalue weighted by Crippen LogP contribution is 2.18. The Balaban J connectivity index is 2.32. The van der Waals surface area contributed by atoms with Gasteiger partial charge in [-0.1, -0.05) is 43.3 Å². The first kappa shape index (κ1) is 12.8. The van der Waals surface area contributed by atoms with Crippen LogP contribution in [0.3, 0.4) is 0 Å². The first-order valence-corrected chi connectivity index (χ1v) is 6.41. The van der Waals surface area contributed by atoms with E-state index in [0.29, 0.717) is 13.0 Å². The molecular formula is C16H18O2. The predicted molar refractivity (Wildman–Crippen MR) is 74.0 cm³/mol. The van der Waals surface area contributed by atoms with Gasteiger partial charge in [0.2, 0.25) is 0 Å². The van der Waals surface area contributed by atoms with Crippen molar-refractivity contribution in [2.45, 2.75) is 26.4 Å². The van der Waals surface area contributed by atoms with Gasteiger partial charge in [0.05, 0.1) is 0 Å². The highest BCUT2D eigenvalue weighted by molar-refractivity contribution is 6.02. The molecule has 0 amide bonds. The molecule has 2 aromatic carbocycles. The minimum absolute atomic E-state index is 0.0742. The summed E-state index contributed by atoms with van der Waals surface area (Å²) in [6.45, 7) is 4.45. The Morgan fingerprint density at radius 1 is 1.11 bits per heavy atom. The highest BCUT2D eigenvalue weighted by Gasteiger charge is 2.18. The third-order valence-electron chi connectivity index (χ3n) is 3.07. The van der Waals surface area contributed by atoms with Gasteiger partial charge in [0.15, 0.2) is 5.78 Å². The Hall–Kier alpha value is -1.67. The number of rotatable bonds is 5. The second-order valence-electron chi connectivity index (χ2n) is 4.28. The molecule has 2 aromatic rings. The van der Waals surface area contributed by atoms with Crippen LogP contribution in [0.25, 0.3) is 10.8 Å². The fourth-order valence-corrected chi connectivity index (χ4v) is 2.11. The smallest absolute Gasteiger partial charge is 0.191 e. The number of benzene rings is 2. The van der Waals surface area contributed by atoms with E-state index in [1.165, 1.54) is 0 Å². The summed E-state index contributed by atoms with van der Waals surface area (Å²) in [7, 11) is 0. The fourth-order valence-electron chi connectivity index (χ4n) is 2.11. The average molecular weight is 242 g/mol. The lowest BCUT2D eigenvalue weighted by atomic mass is 10.0. The second-order valence-corrected chi connectivity index (χ2v) is 4.28. The number of hydrogen-bond acceptors (Lipinski definition) is 2. The quantitative estimate of drug-likeness (QED) is 0.745. The van der Waals surface area contributed by atoms with Crippen LogP contribution in [0.4, 0.5) is 0 Å². The summed E-state index contributed by atoms with van der Waals surface area (Å²) < 4.78 is 5.47. The molecule has 18 heavy (non-hydrogen) atoms. The average Bonchev–Trinajstić information content (AvgIpc) is 2.43. The molecule has 0 fully saturated rings. The molecule has 1 unspecified atom stereocenters. The van der Waals surface area contributed by atoms with Crippen LogP contribution < -0.4 is 0 Å². The van der Waals surface area contributed by atoms with E-state index in [0.717, 1.165) is 16.3 Å². The van der Waals surface area contributed by atoms with Crippen molar-refractivity contribution < 1.29 is 9.53 Å². The van der Waals surface area contributed by atoms with Crippen molar-refractivity contribution in [2.75, 3.05) is 6.61 Å². The van der Waals surface area contributed by atoms with Crippen molar-refractivity contribution in [3.8, 4) is 0 Å². The van der Waals surface area contributed by atoms with Crippen LogP contribution in [0.5, 0.6) is 0 Å². The molecule has 0 aliphatic heterocycles. The summed E-state index contributed by atoms with van der Waals surface area (Å²) >= 11 is 0. The summed E-state index contributed by atoms with van der Waals surface area (Å²) in [5, 5.41) is 2.24. The molecule has 0 bridgehead atoms. The van der Waals surface area contributed by atoms with Crippen LogP contribution in [0, 0.1) is 0 Å². The van der Waals surface area contributed by atoms with Crippen LogP contribution in [0.1, 0.15) is 30.6 Å². The summed E-state index contributed by atoms with van der Waals surface area (Å²) in [4.78, 5) is 12.3. The molecule has 2 heteroatoms. The van der Waals surface area contributed by atoms with E-state index in [9.17, 15) is 4.79 Å². The Bertz CT molecular complexity index is 546.